The van der Waals surface area contributed by atoms with Gasteiger partial charge in [-0.05, 0) is 41.6 Å². The second-order valence-corrected chi connectivity index (χ2v) is 9.95. The van der Waals surface area contributed by atoms with Gasteiger partial charge in [0, 0.05) is 16.0 Å². The van der Waals surface area contributed by atoms with E-state index in [1.165, 1.54) is 16.2 Å². The predicted octanol–water partition coefficient (Wildman–Crippen LogP) is 5.08. The van der Waals surface area contributed by atoms with Crippen LogP contribution in [-0.4, -0.2) is 29.4 Å². The van der Waals surface area contributed by atoms with Crippen molar-refractivity contribution in [3.8, 4) is 0 Å². The summed E-state index contributed by atoms with van der Waals surface area (Å²) in [4.78, 5) is 40.5. The highest BCUT2D eigenvalue weighted by molar-refractivity contribution is 7.10. The first-order chi connectivity index (χ1) is 14.5. The van der Waals surface area contributed by atoms with Gasteiger partial charge >= 0.3 is 5.97 Å². The lowest BCUT2D eigenvalue weighted by atomic mass is 9.83. The zero-order valence-electron chi connectivity index (χ0n) is 18.3. The molecule has 2 aromatic rings. The Morgan fingerprint density at radius 3 is 2.32 bits per heavy atom. The lowest BCUT2D eigenvalue weighted by Crippen LogP contribution is -2.32. The molecule has 0 saturated heterocycles. The maximum atomic E-state index is 13.1. The van der Waals surface area contributed by atoms with Gasteiger partial charge in [-0.2, -0.15) is 0 Å². The standard InChI is InChI=1S/C24H27NO5S/c1-14(2)13-30-23(29)15-8-10-16(11-9-15)25-19(17-7-6-12-31-17)18(20(26)22(25)28)21(27)24(3,4)5/h6-12,14,19,26H,13H2,1-5H3. The van der Waals surface area contributed by atoms with Crippen molar-refractivity contribution in [2.24, 2.45) is 11.3 Å². The van der Waals surface area contributed by atoms with Gasteiger partial charge in [0.05, 0.1) is 17.7 Å². The maximum Gasteiger partial charge on any atom is 0.338 e. The predicted molar refractivity (Wildman–Crippen MR) is 120 cm³/mol. The normalized spacial score (nSPS) is 16.9. The van der Waals surface area contributed by atoms with Crippen LogP contribution in [0.25, 0.3) is 0 Å². The molecule has 3 rings (SSSR count). The summed E-state index contributed by atoms with van der Waals surface area (Å²) < 4.78 is 5.25. The summed E-state index contributed by atoms with van der Waals surface area (Å²) in [6.07, 6.45) is 0. The number of carbonyl (C=O) groups is 3. The molecule has 1 aliphatic rings. The van der Waals surface area contributed by atoms with Crippen LogP contribution in [0, 0.1) is 11.3 Å². The van der Waals surface area contributed by atoms with Crippen LogP contribution in [0.15, 0.2) is 53.1 Å². The number of benzene rings is 1. The average Bonchev–Trinajstić information content (AvgIpc) is 3.32. The molecule has 0 spiro atoms. The first-order valence-electron chi connectivity index (χ1n) is 10.1. The van der Waals surface area contributed by atoms with Crippen LogP contribution in [0.5, 0.6) is 0 Å². The number of Topliss-reactive ketones (excluding diaryl/α,β-unsaturated/α-hetero) is 1. The highest BCUT2D eigenvalue weighted by Gasteiger charge is 2.47. The van der Waals surface area contributed by atoms with E-state index in [1.54, 1.807) is 45.0 Å². The van der Waals surface area contributed by atoms with Gasteiger partial charge in [0.15, 0.2) is 11.5 Å². The van der Waals surface area contributed by atoms with Crippen LogP contribution in [0.4, 0.5) is 5.69 Å². The van der Waals surface area contributed by atoms with E-state index in [9.17, 15) is 19.5 Å². The van der Waals surface area contributed by atoms with E-state index in [-0.39, 0.29) is 17.3 Å². The summed E-state index contributed by atoms with van der Waals surface area (Å²) in [5.41, 5.74) is 0.179. The van der Waals surface area contributed by atoms with Crippen LogP contribution in [0.2, 0.25) is 0 Å². The second-order valence-electron chi connectivity index (χ2n) is 8.97. The van der Waals surface area contributed by atoms with Gasteiger partial charge in [-0.25, -0.2) is 4.79 Å². The molecule has 0 radical (unpaired) electrons. The number of thiophene rings is 1. The van der Waals surface area contributed by atoms with Crippen molar-refractivity contribution in [1.82, 2.24) is 0 Å². The Kier molecular flexibility index (Phi) is 6.36. The number of esters is 1. The molecule has 7 heteroatoms. The lowest BCUT2D eigenvalue weighted by molar-refractivity contribution is -0.123. The molecule has 1 N–H and O–H groups in total. The number of hydrogen-bond acceptors (Lipinski definition) is 6. The number of aliphatic hydroxyl groups is 1. The fourth-order valence-electron chi connectivity index (χ4n) is 3.31. The molecular formula is C24H27NO5S. The number of amides is 1. The largest absolute Gasteiger partial charge is 0.503 e. The molecule has 1 unspecified atom stereocenters. The smallest absolute Gasteiger partial charge is 0.338 e. The topological polar surface area (TPSA) is 83.9 Å². The molecule has 6 nitrogen and oxygen atoms in total. The molecule has 2 heterocycles. The molecule has 1 amide bonds. The summed E-state index contributed by atoms with van der Waals surface area (Å²) >= 11 is 1.41. The average molecular weight is 442 g/mol. The zero-order chi connectivity index (χ0) is 22.9. The van der Waals surface area contributed by atoms with Crippen molar-refractivity contribution in [3.05, 3.63) is 63.6 Å². The summed E-state index contributed by atoms with van der Waals surface area (Å²) in [5.74, 6) is -1.66. The quantitative estimate of drug-likeness (QED) is 0.632. The van der Waals surface area contributed by atoms with E-state index in [4.69, 9.17) is 4.74 Å². The highest BCUT2D eigenvalue weighted by atomic mass is 32.1. The van der Waals surface area contributed by atoms with E-state index in [0.717, 1.165) is 4.88 Å². The van der Waals surface area contributed by atoms with Crippen molar-refractivity contribution in [1.29, 1.82) is 0 Å². The van der Waals surface area contributed by atoms with E-state index in [1.807, 2.05) is 31.4 Å². The van der Waals surface area contributed by atoms with Crippen LogP contribution < -0.4 is 4.90 Å². The van der Waals surface area contributed by atoms with Gasteiger partial charge in [-0.15, -0.1) is 11.3 Å². The third kappa shape index (κ3) is 4.56. The molecule has 1 aromatic heterocycles. The van der Waals surface area contributed by atoms with Gasteiger partial charge < -0.3 is 9.84 Å². The fraction of sp³-hybridized carbons (Fsp3) is 0.375. The Balaban J connectivity index is 1.98. The summed E-state index contributed by atoms with van der Waals surface area (Å²) in [7, 11) is 0. The van der Waals surface area contributed by atoms with Crippen LogP contribution in [-0.2, 0) is 14.3 Å². The van der Waals surface area contributed by atoms with Crippen molar-refractivity contribution < 1.29 is 24.2 Å². The van der Waals surface area contributed by atoms with Crippen molar-refractivity contribution >= 4 is 34.7 Å². The van der Waals surface area contributed by atoms with Crippen molar-refractivity contribution in [2.75, 3.05) is 11.5 Å². The van der Waals surface area contributed by atoms with Crippen molar-refractivity contribution in [3.63, 3.8) is 0 Å². The minimum atomic E-state index is -0.765. The lowest BCUT2D eigenvalue weighted by Gasteiger charge is -2.28. The molecule has 0 fully saturated rings. The number of carbonyl (C=O) groups excluding carboxylic acids is 3. The SMILES string of the molecule is CC(C)COC(=O)c1ccc(N2C(=O)C(O)=C(C(=O)C(C)(C)C)C2c2cccs2)cc1. The molecule has 1 atom stereocenters. The highest BCUT2D eigenvalue weighted by Crippen LogP contribution is 2.44. The minimum absolute atomic E-state index is 0.0976. The molecule has 1 aliphatic heterocycles. The van der Waals surface area contributed by atoms with Crippen molar-refractivity contribution in [2.45, 2.75) is 40.7 Å². The number of aliphatic hydroxyl groups excluding tert-OH is 1. The van der Waals surface area contributed by atoms with Gasteiger partial charge in [0.1, 0.15) is 6.04 Å². The summed E-state index contributed by atoms with van der Waals surface area (Å²) in [6, 6.07) is 9.37. The van der Waals surface area contributed by atoms with E-state index in [0.29, 0.717) is 17.9 Å². The molecular weight excluding hydrogens is 414 g/mol. The third-order valence-corrected chi connectivity index (χ3v) is 5.80. The third-order valence-electron chi connectivity index (χ3n) is 4.88. The number of anilines is 1. The summed E-state index contributed by atoms with van der Waals surface area (Å²) in [5, 5.41) is 12.5. The molecule has 164 valence electrons. The molecule has 1 aromatic carbocycles. The molecule has 0 saturated carbocycles. The fourth-order valence-corrected chi connectivity index (χ4v) is 4.13. The number of rotatable bonds is 6. The van der Waals surface area contributed by atoms with Gasteiger partial charge in [0.2, 0.25) is 0 Å². The van der Waals surface area contributed by atoms with Gasteiger partial charge in [-0.3, -0.25) is 14.5 Å². The van der Waals surface area contributed by atoms with E-state index in [2.05, 4.69) is 0 Å². The van der Waals surface area contributed by atoms with E-state index < -0.39 is 29.1 Å². The second kappa shape index (κ2) is 8.67. The molecule has 0 bridgehead atoms. The minimum Gasteiger partial charge on any atom is -0.503 e. The zero-order valence-corrected chi connectivity index (χ0v) is 19.2. The first-order valence-corrected chi connectivity index (χ1v) is 11.0. The number of hydrogen-bond donors (Lipinski definition) is 1. The van der Waals surface area contributed by atoms with Gasteiger partial charge in [-0.1, -0.05) is 40.7 Å². The molecule has 31 heavy (non-hydrogen) atoms. The number of nitrogens with zero attached hydrogens (tertiary/aromatic N) is 1. The van der Waals surface area contributed by atoms with Crippen LogP contribution in [0.1, 0.15) is 55.9 Å². The maximum absolute atomic E-state index is 13.1. The Morgan fingerprint density at radius 2 is 1.81 bits per heavy atom. The van der Waals surface area contributed by atoms with Crippen LogP contribution in [0.3, 0.4) is 0 Å². The van der Waals surface area contributed by atoms with Gasteiger partial charge in [0.25, 0.3) is 5.91 Å². The number of ketones is 1. The Bertz CT molecular complexity index is 1010. The Morgan fingerprint density at radius 1 is 1.16 bits per heavy atom. The Hall–Kier alpha value is -2.93. The summed E-state index contributed by atoms with van der Waals surface area (Å²) in [6.45, 7) is 9.50. The van der Waals surface area contributed by atoms with E-state index >= 15 is 0 Å². The van der Waals surface area contributed by atoms with Crippen LogP contribution >= 0.6 is 11.3 Å². The Labute approximate surface area is 186 Å². The number of ether oxygens (including phenoxy) is 1. The first kappa shape index (κ1) is 22.7. The molecule has 0 aliphatic carbocycles. The monoisotopic (exact) mass is 441 g/mol.